The van der Waals surface area contributed by atoms with Gasteiger partial charge in [0, 0.05) is 90.8 Å². The van der Waals surface area contributed by atoms with Crippen LogP contribution in [0.15, 0.2) is 183 Å². The molecule has 0 radical (unpaired) electrons. The Labute approximate surface area is 899 Å². The van der Waals surface area contributed by atoms with E-state index in [4.69, 9.17) is 98.3 Å². The summed E-state index contributed by atoms with van der Waals surface area (Å²) in [4.78, 5) is 143. The number of aliphatic hydroxyl groups excluding tert-OH is 1. The number of nitrogen functional groups attached to an aromatic ring is 1. The molecular weight excluding hydrogens is 2100 g/mol. The second-order valence-electron chi connectivity index (χ2n) is 34.5. The number of rotatable bonds is 21. The van der Waals surface area contributed by atoms with E-state index in [2.05, 4.69) is 120 Å². The Morgan fingerprint density at radius 3 is 1.01 bits per heavy atom. The van der Waals surface area contributed by atoms with E-state index in [9.17, 15) is 34.1 Å². The summed E-state index contributed by atoms with van der Waals surface area (Å²) in [7, 11) is 0. The maximum atomic E-state index is 12.0. The molecule has 6 heterocycles. The van der Waals surface area contributed by atoms with Crippen molar-refractivity contribution in [1.82, 2.24) is 29.9 Å². The minimum absolute atomic E-state index is 0. The van der Waals surface area contributed by atoms with E-state index in [0.717, 1.165) is 64.6 Å². The summed E-state index contributed by atoms with van der Waals surface area (Å²) in [5, 5.41) is 35.2. The number of nitro groups is 1. The monoisotopic (exact) mass is 2250 g/mol. The van der Waals surface area contributed by atoms with Crippen LogP contribution in [-0.4, -0.2) is 147 Å². The van der Waals surface area contributed by atoms with Crippen LogP contribution in [0.25, 0.3) is 21.5 Å². The van der Waals surface area contributed by atoms with Gasteiger partial charge in [0.05, 0.1) is 23.5 Å². The normalized spacial score (nSPS) is 11.1. The molecule has 0 spiro atoms. The van der Waals surface area contributed by atoms with Crippen LogP contribution < -0.4 is 71.8 Å². The first kappa shape index (κ1) is 139. The number of pyridine rings is 6. The van der Waals surface area contributed by atoms with E-state index in [1.165, 1.54) is 22.8 Å². The average molecular weight is 2250 g/mol. The number of benzene rings is 4. The summed E-state index contributed by atoms with van der Waals surface area (Å²) in [6, 6.07) is 44.4. The molecule has 0 fully saturated rings. The molecule has 0 aliphatic carbocycles. The molecule has 5 atom stereocenters. The number of nitrogens with zero attached hydrogens (tertiary/aromatic N) is 7. The van der Waals surface area contributed by atoms with Crippen molar-refractivity contribution >= 4 is 173 Å². The standard InChI is InChI=1S/C23H25N3O5.C23H27N3O3.C14H22N2O2.C13H20N2O3.C9H12ClN.C8H10ClN.C5H11NO2.2CH3I.3CO2.3CH4.Na.H/c1-15(16-11-12-24-21(13-16)25-22(27)31-23(2,3)4)14-30-20-10-9-19(26(28)29)17-7-5-6-8-18(17)20;1-15(14-28-20-10-9-19(24)17-7-5-6-8-18(17)20)16-11-12-25-21(13-16)26-22(27)29-23(2,3)4;1-6-10(2)11-7-8-15-12(9-11)16-13(17)18-14(3,4)5;1-9(8-16)10-5-6-14-11(7-10)15-12(17)18-13(2,3)4;1-3-7(2)8-4-5-11-9(10)6-8;1-2-3-7-4-5-10-8(9)6-7;1-5(2,3)8-4(6)7;2*1-2;3*2-1-3;;;;;/h5-13,15H,14H2,1-4H3,(H,24,25,27);5-13,15H,14,24H2,1-4H3,(H,25,26,27);7-10H,6H2,1-5H3,(H,15,16,17);5-7,9,16H,8H2,1-4H3,(H,14,15,17);4-7H,3H2,1-2H3;4-6H,2-3H2,1H3;1-3H3,(H2,6,7);2*1H3;;;;3*1H4;;/q;;;;;;;;;;;;;;;+1;-1/i;;;;;;;1D;;;;;;;;;. The number of aromatic nitrogens is 6. The number of nitrogens with one attached hydrogen (secondary N) is 4. The molecule has 778 valence electrons. The predicted molar refractivity (Wildman–Crippen MR) is 575 cm³/mol. The first-order chi connectivity index (χ1) is 65.1. The van der Waals surface area contributed by atoms with Crippen molar-refractivity contribution in [2.45, 2.75) is 265 Å². The molecule has 10 aromatic rings. The van der Waals surface area contributed by atoms with Crippen molar-refractivity contribution in [2.24, 2.45) is 5.73 Å². The Hall–Kier alpha value is -11.4. The van der Waals surface area contributed by atoms with Crippen LogP contribution in [0.3, 0.4) is 0 Å². The van der Waals surface area contributed by atoms with Crippen molar-refractivity contribution < 1.29 is 128 Å². The molecule has 9 N–H and O–H groups in total. The maximum Gasteiger partial charge on any atom is 1.00 e. The number of non-ortho nitro benzene ring substituents is 1. The fourth-order valence-corrected chi connectivity index (χ4v) is 11.4. The second kappa shape index (κ2) is 75.4. The van der Waals surface area contributed by atoms with E-state index in [0.29, 0.717) is 80.1 Å². The van der Waals surface area contributed by atoms with Gasteiger partial charge in [0.1, 0.15) is 73.1 Å². The first-order valence-electron chi connectivity index (χ1n) is 43.9. The Bertz CT molecular complexity index is 5380. The summed E-state index contributed by atoms with van der Waals surface area (Å²) in [5.41, 5.74) is 15.4. The third-order valence-electron chi connectivity index (χ3n) is 17.4. The molecule has 39 heteroatoms. The Morgan fingerprint density at radius 2 is 0.725 bits per heavy atom. The molecule has 34 nitrogen and oxygen atoms in total. The molecule has 0 saturated heterocycles. The first-order valence-corrected chi connectivity index (χ1v) is 47.6. The van der Waals surface area contributed by atoms with Crippen molar-refractivity contribution in [1.29, 1.82) is 0 Å². The van der Waals surface area contributed by atoms with E-state index >= 15 is 0 Å². The number of halogens is 4. The number of carbonyl (C=O) groups excluding carboxylic acids is 11. The Morgan fingerprint density at radius 1 is 0.451 bits per heavy atom. The number of nitro benzene ring substituents is 1. The molecular formula is C103H146Cl2I2N13NaO21. The summed E-state index contributed by atoms with van der Waals surface area (Å²) in [5.74, 6) is 4.27. The van der Waals surface area contributed by atoms with Crippen LogP contribution >= 0.6 is 68.4 Å². The molecule has 6 aromatic heterocycles. The number of fused-ring (bicyclic) bond motifs is 2. The minimum atomic E-state index is -0.725. The van der Waals surface area contributed by atoms with Gasteiger partial charge in [0.25, 0.3) is 5.69 Å². The van der Waals surface area contributed by atoms with Crippen molar-refractivity contribution in [2.75, 3.05) is 56.7 Å². The number of anilines is 5. The van der Waals surface area contributed by atoms with Gasteiger partial charge < -0.3 is 51.2 Å². The Kier molecular flexibility index (Phi) is 73.8. The number of carbonyl (C=O) groups is 5. The van der Waals surface area contributed by atoms with Crippen molar-refractivity contribution in [3.05, 3.63) is 237 Å². The quantitative estimate of drug-likeness (QED) is 0.00513. The average Bonchev–Trinajstić information content (AvgIpc) is 0.786. The van der Waals surface area contributed by atoms with Crippen LogP contribution in [-0.2, 0) is 58.9 Å². The number of aliphatic hydroxyl groups is 1. The number of aryl methyl sites for hydroxylation is 1. The van der Waals surface area contributed by atoms with Gasteiger partial charge in [-0.1, -0.05) is 195 Å². The third-order valence-corrected chi connectivity index (χ3v) is 17.8. The van der Waals surface area contributed by atoms with Crippen molar-refractivity contribution in [3.8, 4) is 11.5 Å². The summed E-state index contributed by atoms with van der Waals surface area (Å²) in [6.07, 6.45) is 12.4. The molecule has 142 heavy (non-hydrogen) atoms. The van der Waals surface area contributed by atoms with Crippen molar-refractivity contribution in [3.63, 3.8) is 0 Å². The van der Waals surface area contributed by atoms with E-state index in [1.807, 2.05) is 180 Å². The number of ether oxygens (including phenoxy) is 7. The SMILES string of the molecule is C.C.C.CC(C)(C)OC(N)=O.CC(CO)c1ccnc(NC(=O)OC(C)(C)C)c1.CC(COc1ccc(N)c2ccccc12)c1ccnc(NC(=O)OC(C)(C)C)c1.CC(COc1ccc([N+](=O)[O-])c2ccccc12)c1ccnc(NC(=O)OC(C)(C)C)c1.CCC(C)c1ccnc(Cl)c1.CCC(C)c1ccnc(NC(=O)OC(C)(C)C)c1.CCCc1ccnc(Cl)c1.CI.O=C=O.O=C=O.O=C=O.[2H]CI.[H-].[Na+]. The number of hydrogen-bond acceptors (Lipinski definition) is 28. The number of hydrogen-bond donors (Lipinski definition) is 7. The van der Waals surface area contributed by atoms with Crippen LogP contribution in [0.5, 0.6) is 11.5 Å². The number of nitrogens with two attached hydrogens (primary N) is 2. The molecule has 10 rings (SSSR count). The van der Waals surface area contributed by atoms with Gasteiger partial charge in [-0.2, -0.15) is 28.8 Å². The zero-order valence-electron chi connectivity index (χ0n) is 85.8. The van der Waals surface area contributed by atoms with E-state index in [1.54, 1.807) is 142 Å². The number of primary amides is 1. The summed E-state index contributed by atoms with van der Waals surface area (Å²) >= 11 is 15.5. The maximum absolute atomic E-state index is 12.0. The van der Waals surface area contributed by atoms with Gasteiger partial charge in [-0.05, 0) is 275 Å². The molecule has 5 unspecified atom stereocenters. The fourth-order valence-electron chi connectivity index (χ4n) is 11.0. The molecule has 0 aliphatic heterocycles. The Balaban J connectivity index is -0.000000307. The van der Waals surface area contributed by atoms with Gasteiger partial charge in [-0.25, -0.2) is 53.9 Å². The minimum Gasteiger partial charge on any atom is -1.00 e. The van der Waals surface area contributed by atoms with Crippen LogP contribution in [0.4, 0.5) is 58.6 Å². The smallest absolute Gasteiger partial charge is 1.00 e. The molecule has 4 aromatic carbocycles. The zero-order valence-corrected chi connectivity index (χ0v) is 91.6. The predicted octanol–water partition coefficient (Wildman–Crippen LogP) is 23.7. The van der Waals surface area contributed by atoms with Gasteiger partial charge in [-0.15, -0.1) is 0 Å². The van der Waals surface area contributed by atoms with Crippen LogP contribution in [0, 0.1) is 10.1 Å². The summed E-state index contributed by atoms with van der Waals surface area (Å²) < 4.78 is 43.7. The largest absolute Gasteiger partial charge is 1.00 e. The fraction of sp³-hybridized carbons (Fsp3) is 0.437. The van der Waals surface area contributed by atoms with Gasteiger partial charge in [0.15, 0.2) is 0 Å². The number of alkyl halides is 2. The van der Waals surface area contributed by atoms with E-state index in [-0.39, 0.29) is 102 Å². The number of amides is 5. The van der Waals surface area contributed by atoms with Gasteiger partial charge in [-0.3, -0.25) is 31.4 Å². The molecule has 0 bridgehead atoms. The van der Waals surface area contributed by atoms with Gasteiger partial charge in [0.2, 0.25) is 0 Å². The molecule has 0 saturated carbocycles. The van der Waals surface area contributed by atoms with Gasteiger partial charge >= 0.3 is 78.5 Å². The molecule has 5 amide bonds. The van der Waals surface area contributed by atoms with Crippen LogP contribution in [0.2, 0.25) is 10.3 Å². The topological polar surface area (TPSA) is 493 Å². The second-order valence-corrected chi connectivity index (χ2v) is 35.3. The van der Waals surface area contributed by atoms with E-state index < -0.39 is 63.4 Å². The third kappa shape index (κ3) is 64.2. The zero-order chi connectivity index (χ0) is 106. The molecule has 0 aliphatic rings. The summed E-state index contributed by atoms with van der Waals surface area (Å²) in [6.45, 7) is 44.6. The van der Waals surface area contributed by atoms with Crippen LogP contribution in [0.1, 0.15) is 267 Å².